The van der Waals surface area contributed by atoms with Gasteiger partial charge in [-0.3, -0.25) is 4.79 Å². The minimum absolute atomic E-state index is 0.0134. The lowest BCUT2D eigenvalue weighted by Gasteiger charge is -2.44. The molecule has 2 fully saturated rings. The Morgan fingerprint density at radius 2 is 1.85 bits per heavy atom. The Morgan fingerprint density at radius 3 is 2.58 bits per heavy atom. The molecule has 1 saturated carbocycles. The van der Waals surface area contributed by atoms with Gasteiger partial charge in [0.05, 0.1) is 21.2 Å². The molecule has 2 heterocycles. The Labute approximate surface area is 246 Å². The molecule has 4 atom stereocenters. The van der Waals surface area contributed by atoms with E-state index in [0.717, 1.165) is 19.3 Å². The fourth-order valence-corrected chi connectivity index (χ4v) is 8.38. The first kappa shape index (κ1) is 29.0. The van der Waals surface area contributed by atoms with Gasteiger partial charge in [0, 0.05) is 35.1 Å². The van der Waals surface area contributed by atoms with E-state index in [9.17, 15) is 13.2 Å². The van der Waals surface area contributed by atoms with Gasteiger partial charge in [0.15, 0.2) is 9.84 Å². The molecule has 11 heteroatoms. The highest BCUT2D eigenvalue weighted by Crippen LogP contribution is 2.37. The van der Waals surface area contributed by atoms with Crippen molar-refractivity contribution in [3.05, 3.63) is 58.8 Å². The molecule has 3 aromatic rings. The molecule has 1 aliphatic carbocycles. The Bertz CT molecular complexity index is 1490. The van der Waals surface area contributed by atoms with Gasteiger partial charge in [0.25, 0.3) is 0 Å². The van der Waals surface area contributed by atoms with Crippen LogP contribution < -0.4 is 5.32 Å². The first-order valence-electron chi connectivity index (χ1n) is 13.7. The number of aromatic nitrogens is 2. The molecule has 1 N–H and O–H groups in total. The van der Waals surface area contributed by atoms with Crippen molar-refractivity contribution in [2.75, 3.05) is 24.7 Å². The van der Waals surface area contributed by atoms with Gasteiger partial charge in [0.2, 0.25) is 5.91 Å². The monoisotopic (exact) mass is 603 g/mol. The van der Waals surface area contributed by atoms with Crippen LogP contribution in [0.3, 0.4) is 0 Å². The van der Waals surface area contributed by atoms with Crippen molar-refractivity contribution in [3.63, 3.8) is 0 Å². The van der Waals surface area contributed by atoms with Gasteiger partial charge in [-0.25, -0.2) is 18.4 Å². The number of carbonyl (C=O) groups is 1. The van der Waals surface area contributed by atoms with E-state index in [1.807, 2.05) is 11.0 Å². The molecule has 1 aliphatic heterocycles. The highest BCUT2D eigenvalue weighted by Gasteiger charge is 2.44. The highest BCUT2D eigenvalue weighted by atomic mass is 35.5. The van der Waals surface area contributed by atoms with Crippen molar-refractivity contribution in [3.8, 4) is 0 Å². The number of benzene rings is 2. The first-order valence-corrected chi connectivity index (χ1v) is 16.1. The van der Waals surface area contributed by atoms with Crippen LogP contribution in [-0.2, 0) is 14.6 Å². The van der Waals surface area contributed by atoms with Crippen LogP contribution >= 0.6 is 23.2 Å². The van der Waals surface area contributed by atoms with E-state index in [-0.39, 0.29) is 29.7 Å². The minimum atomic E-state index is -3.52. The molecule has 214 valence electrons. The fraction of sp³-hybridized carbons (Fsp3) is 0.483. The number of hydrogen-bond acceptors (Lipinski definition) is 7. The maximum absolute atomic E-state index is 13.8. The van der Waals surface area contributed by atoms with Crippen LogP contribution in [0, 0.1) is 5.92 Å². The van der Waals surface area contributed by atoms with Gasteiger partial charge in [-0.2, -0.15) is 0 Å². The zero-order valence-electron chi connectivity index (χ0n) is 22.9. The van der Waals surface area contributed by atoms with E-state index < -0.39 is 15.9 Å². The molecule has 0 spiro atoms. The second kappa shape index (κ2) is 11.8. The quantitative estimate of drug-likeness (QED) is 0.373. The van der Waals surface area contributed by atoms with Crippen LogP contribution in [-0.4, -0.2) is 77.6 Å². The maximum atomic E-state index is 13.8. The third-order valence-corrected chi connectivity index (χ3v) is 10.8. The third-order valence-electron chi connectivity index (χ3n) is 8.45. The van der Waals surface area contributed by atoms with E-state index >= 15 is 0 Å². The normalized spacial score (nSPS) is 23.9. The number of anilines is 1. The fourth-order valence-electron chi connectivity index (χ4n) is 6.15. The zero-order chi connectivity index (χ0) is 28.6. The summed E-state index contributed by atoms with van der Waals surface area (Å²) in [7, 11) is -1.42. The minimum Gasteiger partial charge on any atom is -0.358 e. The Balaban J connectivity index is 1.38. The number of nitrogens with zero attached hydrogens (tertiary/aromatic N) is 4. The summed E-state index contributed by atoms with van der Waals surface area (Å²) in [5, 5.41) is 4.82. The highest BCUT2D eigenvalue weighted by molar-refractivity contribution is 7.91. The molecule has 2 aromatic carbocycles. The van der Waals surface area contributed by atoms with Gasteiger partial charge in [-0.15, -0.1) is 0 Å². The average Bonchev–Trinajstić information content (AvgIpc) is 3.28. The van der Waals surface area contributed by atoms with Gasteiger partial charge in [-0.05, 0) is 76.8 Å². The summed E-state index contributed by atoms with van der Waals surface area (Å²) in [4.78, 5) is 27.0. The van der Waals surface area contributed by atoms with Gasteiger partial charge in [-0.1, -0.05) is 41.4 Å². The lowest BCUT2D eigenvalue weighted by molar-refractivity contribution is -0.132. The smallest absolute Gasteiger partial charge is 0.245 e. The molecule has 40 heavy (non-hydrogen) atoms. The number of sulfone groups is 1. The molecule has 5 rings (SSSR count). The van der Waals surface area contributed by atoms with Crippen LogP contribution in [0.2, 0.25) is 10.0 Å². The number of carbonyl (C=O) groups excluding carboxylic acids is 1. The Kier molecular flexibility index (Phi) is 8.57. The van der Waals surface area contributed by atoms with Gasteiger partial charge in [0.1, 0.15) is 18.2 Å². The third kappa shape index (κ3) is 5.93. The number of nitrogens with one attached hydrogen (secondary N) is 1. The van der Waals surface area contributed by atoms with Crippen LogP contribution in [0.5, 0.6) is 0 Å². The lowest BCUT2D eigenvalue weighted by Crippen LogP contribution is -2.52. The summed E-state index contributed by atoms with van der Waals surface area (Å²) in [6.07, 6.45) is 4.40. The van der Waals surface area contributed by atoms with Crippen LogP contribution in [0.4, 0.5) is 5.82 Å². The van der Waals surface area contributed by atoms with Crippen molar-refractivity contribution in [1.29, 1.82) is 0 Å². The second-order valence-electron chi connectivity index (χ2n) is 11.2. The van der Waals surface area contributed by atoms with E-state index in [1.54, 1.807) is 36.4 Å². The second-order valence-corrected chi connectivity index (χ2v) is 14.0. The van der Waals surface area contributed by atoms with Crippen LogP contribution in [0.15, 0.2) is 53.7 Å². The van der Waals surface area contributed by atoms with Gasteiger partial charge < -0.3 is 15.1 Å². The standard InChI is InChI=1S/C29H35Cl2N5O3S/c1-18(2)35(3)21-9-10-26(19(13-21)16-40(38,39)22-7-5-4-6-8-22)36-12-11-25(29(36)37)34-28-23-14-20(30)15-24(31)27(23)32-17-33-28/h4-8,14-15,17-19,21,25-26H,9-13,16H2,1-3H3,(H,32,33,34)/t19-,21?,25?,26?/m0/s1. The van der Waals surface area contributed by atoms with E-state index in [0.29, 0.717) is 50.7 Å². The zero-order valence-corrected chi connectivity index (χ0v) is 25.3. The molecule has 1 amide bonds. The van der Waals surface area contributed by atoms with Crippen LogP contribution in [0.1, 0.15) is 39.5 Å². The predicted molar refractivity (Wildman–Crippen MR) is 160 cm³/mol. The van der Waals surface area contributed by atoms with Crippen molar-refractivity contribution in [2.45, 2.75) is 68.6 Å². The number of likely N-dealkylation sites (tertiary alicyclic amines) is 1. The molecule has 3 unspecified atom stereocenters. The number of fused-ring (bicyclic) bond motifs is 1. The Morgan fingerprint density at radius 1 is 1.10 bits per heavy atom. The maximum Gasteiger partial charge on any atom is 0.245 e. The summed E-state index contributed by atoms with van der Waals surface area (Å²) < 4.78 is 26.9. The van der Waals surface area contributed by atoms with E-state index in [4.69, 9.17) is 23.2 Å². The van der Waals surface area contributed by atoms with E-state index in [2.05, 4.69) is 41.1 Å². The van der Waals surface area contributed by atoms with E-state index in [1.165, 1.54) is 6.33 Å². The topological polar surface area (TPSA) is 95.5 Å². The van der Waals surface area contributed by atoms with Crippen LogP contribution in [0.25, 0.3) is 10.9 Å². The molecular weight excluding hydrogens is 569 g/mol. The predicted octanol–water partition coefficient (Wildman–Crippen LogP) is 5.30. The molecular formula is C29H35Cl2N5O3S. The van der Waals surface area contributed by atoms with Crippen molar-refractivity contribution in [1.82, 2.24) is 19.8 Å². The summed E-state index contributed by atoms with van der Waals surface area (Å²) in [6.45, 7) is 4.86. The molecule has 2 aliphatic rings. The SMILES string of the molecule is CC(C)N(C)C1CCC(N2CCC(Nc3ncnc4c(Cl)cc(Cl)cc34)C2=O)[C@H](CS(=O)(=O)c2ccccc2)C1. The summed E-state index contributed by atoms with van der Waals surface area (Å²) in [6, 6.07) is 11.9. The number of amides is 1. The molecule has 8 nitrogen and oxygen atoms in total. The summed E-state index contributed by atoms with van der Waals surface area (Å²) >= 11 is 12.6. The van der Waals surface area contributed by atoms with Gasteiger partial charge >= 0.3 is 0 Å². The largest absolute Gasteiger partial charge is 0.358 e. The molecule has 0 bridgehead atoms. The Hall–Kier alpha value is -2.46. The summed E-state index contributed by atoms with van der Waals surface area (Å²) in [5.41, 5.74) is 0.560. The molecule has 1 saturated heterocycles. The number of halogens is 2. The van der Waals surface area contributed by atoms with Crippen molar-refractivity contribution in [2.24, 2.45) is 5.92 Å². The number of hydrogen-bond donors (Lipinski definition) is 1. The van der Waals surface area contributed by atoms with Crippen molar-refractivity contribution < 1.29 is 13.2 Å². The summed E-state index contributed by atoms with van der Waals surface area (Å²) in [5.74, 6) is 0.299. The average molecular weight is 605 g/mol. The first-order chi connectivity index (χ1) is 19.0. The molecule has 0 radical (unpaired) electrons. The lowest BCUT2D eigenvalue weighted by atomic mass is 9.81. The molecule has 1 aromatic heterocycles. The number of rotatable bonds is 8. The van der Waals surface area contributed by atoms with Crippen molar-refractivity contribution >= 4 is 55.7 Å².